The summed E-state index contributed by atoms with van der Waals surface area (Å²) in [6, 6.07) is 1.98. The van der Waals surface area contributed by atoms with E-state index in [1.807, 2.05) is 6.07 Å². The first-order chi connectivity index (χ1) is 11.1. The van der Waals surface area contributed by atoms with E-state index in [1.54, 1.807) is 11.3 Å². The summed E-state index contributed by atoms with van der Waals surface area (Å²) in [5, 5.41) is 12.3. The molecule has 0 radical (unpaired) electrons. The number of fused-ring (bicyclic) bond motifs is 1. The summed E-state index contributed by atoms with van der Waals surface area (Å²) in [6.45, 7) is 1.42. The van der Waals surface area contributed by atoms with Crippen LogP contribution in [0.2, 0.25) is 0 Å². The number of nitrogens with one attached hydrogen (secondary N) is 1. The van der Waals surface area contributed by atoms with Crippen molar-refractivity contribution >= 4 is 23.2 Å². The normalized spacial score (nSPS) is 19.8. The van der Waals surface area contributed by atoms with Crippen molar-refractivity contribution in [2.45, 2.75) is 38.5 Å². The number of carboxylic acid groups (broad SMARTS) is 1. The second kappa shape index (κ2) is 7.45. The summed E-state index contributed by atoms with van der Waals surface area (Å²) >= 11 is 1.56. The molecule has 1 saturated heterocycles. The van der Waals surface area contributed by atoms with Gasteiger partial charge >= 0.3 is 5.97 Å². The summed E-state index contributed by atoms with van der Waals surface area (Å²) < 4.78 is 5.29. The van der Waals surface area contributed by atoms with E-state index >= 15 is 0 Å². The molecule has 23 heavy (non-hydrogen) atoms. The SMILES string of the molecule is O=C(NCC(C(=O)O)C1CCOCC1)c1cc2c(s1)CCCC2. The molecule has 1 aromatic heterocycles. The molecule has 1 aliphatic heterocycles. The maximum absolute atomic E-state index is 12.4. The lowest BCUT2D eigenvalue weighted by Crippen LogP contribution is -2.38. The maximum Gasteiger partial charge on any atom is 0.308 e. The van der Waals surface area contributed by atoms with E-state index < -0.39 is 11.9 Å². The van der Waals surface area contributed by atoms with E-state index in [0.29, 0.717) is 18.1 Å². The topological polar surface area (TPSA) is 75.6 Å². The Balaban J connectivity index is 1.60. The van der Waals surface area contributed by atoms with Gasteiger partial charge in [-0.1, -0.05) is 0 Å². The van der Waals surface area contributed by atoms with Crippen LogP contribution < -0.4 is 5.32 Å². The van der Waals surface area contributed by atoms with Crippen molar-refractivity contribution in [1.82, 2.24) is 5.32 Å². The van der Waals surface area contributed by atoms with Gasteiger partial charge in [0.25, 0.3) is 5.91 Å². The Morgan fingerprint density at radius 1 is 1.30 bits per heavy atom. The van der Waals surface area contributed by atoms with E-state index in [4.69, 9.17) is 4.74 Å². The molecule has 2 N–H and O–H groups in total. The minimum atomic E-state index is -0.831. The number of carbonyl (C=O) groups is 2. The van der Waals surface area contributed by atoms with Crippen LogP contribution in [0.25, 0.3) is 0 Å². The minimum Gasteiger partial charge on any atom is -0.481 e. The molecular weight excluding hydrogens is 314 g/mol. The van der Waals surface area contributed by atoms with E-state index in [2.05, 4.69) is 5.32 Å². The second-order valence-electron chi connectivity index (χ2n) is 6.37. The zero-order valence-corrected chi connectivity index (χ0v) is 14.0. The van der Waals surface area contributed by atoms with Crippen LogP contribution in [0.4, 0.5) is 0 Å². The van der Waals surface area contributed by atoms with Crippen LogP contribution in [0.15, 0.2) is 6.07 Å². The Kier molecular flexibility index (Phi) is 5.33. The number of aryl methyl sites for hydroxylation is 2. The summed E-state index contributed by atoms with van der Waals surface area (Å²) in [4.78, 5) is 25.9. The molecule has 3 rings (SSSR count). The molecular formula is C17H23NO4S. The Morgan fingerprint density at radius 2 is 2.04 bits per heavy atom. The lowest BCUT2D eigenvalue weighted by Gasteiger charge is -2.27. The summed E-state index contributed by atoms with van der Waals surface area (Å²) in [7, 11) is 0. The van der Waals surface area contributed by atoms with Crippen molar-refractivity contribution in [2.24, 2.45) is 11.8 Å². The second-order valence-corrected chi connectivity index (χ2v) is 7.51. The van der Waals surface area contributed by atoms with E-state index in [0.717, 1.165) is 25.7 Å². The van der Waals surface area contributed by atoms with Gasteiger partial charge in [-0.25, -0.2) is 0 Å². The lowest BCUT2D eigenvalue weighted by atomic mass is 9.86. The van der Waals surface area contributed by atoms with E-state index in [1.165, 1.54) is 23.3 Å². The highest BCUT2D eigenvalue weighted by atomic mass is 32.1. The lowest BCUT2D eigenvalue weighted by molar-refractivity contribution is -0.144. The zero-order valence-electron chi connectivity index (χ0n) is 13.2. The third-order valence-electron chi connectivity index (χ3n) is 4.86. The number of thiophene rings is 1. The molecule has 1 aliphatic carbocycles. The largest absolute Gasteiger partial charge is 0.481 e. The van der Waals surface area contributed by atoms with Crippen molar-refractivity contribution in [1.29, 1.82) is 0 Å². The van der Waals surface area contributed by atoms with Gasteiger partial charge in [-0.15, -0.1) is 11.3 Å². The van der Waals surface area contributed by atoms with Gasteiger partial charge in [0.2, 0.25) is 0 Å². The smallest absolute Gasteiger partial charge is 0.308 e. The van der Waals surface area contributed by atoms with Gasteiger partial charge in [0.15, 0.2) is 0 Å². The van der Waals surface area contributed by atoms with Gasteiger partial charge in [-0.2, -0.15) is 0 Å². The fourth-order valence-electron chi connectivity index (χ4n) is 3.47. The van der Waals surface area contributed by atoms with Crippen LogP contribution in [-0.2, 0) is 22.4 Å². The summed E-state index contributed by atoms with van der Waals surface area (Å²) in [5.74, 6) is -1.42. The van der Waals surface area contributed by atoms with Crippen LogP contribution in [0, 0.1) is 11.8 Å². The Bertz CT molecular complexity index is 554. The molecule has 1 amide bonds. The van der Waals surface area contributed by atoms with Gasteiger partial charge in [-0.3, -0.25) is 9.59 Å². The van der Waals surface area contributed by atoms with E-state index in [9.17, 15) is 14.7 Å². The van der Waals surface area contributed by atoms with Gasteiger partial charge in [0, 0.05) is 24.6 Å². The average Bonchev–Trinajstić information content (AvgIpc) is 2.99. The number of hydrogen-bond donors (Lipinski definition) is 2. The first kappa shape index (κ1) is 16.5. The first-order valence-corrected chi connectivity index (χ1v) is 9.17. The number of ether oxygens (including phenoxy) is 1. The van der Waals surface area contributed by atoms with Crippen molar-refractivity contribution in [3.8, 4) is 0 Å². The highest BCUT2D eigenvalue weighted by molar-refractivity contribution is 7.14. The highest BCUT2D eigenvalue weighted by Crippen LogP contribution is 2.30. The molecule has 126 valence electrons. The molecule has 2 heterocycles. The fraction of sp³-hybridized carbons (Fsp3) is 0.647. The third-order valence-corrected chi connectivity index (χ3v) is 6.09. The molecule has 2 aliphatic rings. The van der Waals surface area contributed by atoms with Crippen LogP contribution >= 0.6 is 11.3 Å². The van der Waals surface area contributed by atoms with Crippen LogP contribution in [0.3, 0.4) is 0 Å². The number of aliphatic carboxylic acids is 1. The van der Waals surface area contributed by atoms with Crippen molar-refractivity contribution in [3.05, 3.63) is 21.4 Å². The molecule has 6 heteroatoms. The summed E-state index contributed by atoms with van der Waals surface area (Å²) in [6.07, 6.45) is 6.00. The van der Waals surface area contributed by atoms with Gasteiger partial charge < -0.3 is 15.2 Å². The predicted octanol–water partition coefficient (Wildman–Crippen LogP) is 2.48. The molecule has 0 spiro atoms. The summed E-state index contributed by atoms with van der Waals surface area (Å²) in [5.41, 5.74) is 1.30. The monoisotopic (exact) mass is 337 g/mol. The van der Waals surface area contributed by atoms with Gasteiger partial charge in [-0.05, 0) is 56.1 Å². The van der Waals surface area contributed by atoms with Crippen LogP contribution in [0.5, 0.6) is 0 Å². The maximum atomic E-state index is 12.4. The van der Waals surface area contributed by atoms with Crippen molar-refractivity contribution in [3.63, 3.8) is 0 Å². The van der Waals surface area contributed by atoms with Crippen LogP contribution in [-0.4, -0.2) is 36.7 Å². The fourth-order valence-corrected chi connectivity index (χ4v) is 4.64. The Morgan fingerprint density at radius 3 is 2.74 bits per heavy atom. The molecule has 1 fully saturated rings. The molecule has 0 aromatic carbocycles. The first-order valence-electron chi connectivity index (χ1n) is 8.35. The Hall–Kier alpha value is -1.40. The third kappa shape index (κ3) is 3.93. The molecule has 0 bridgehead atoms. The van der Waals surface area contributed by atoms with Gasteiger partial charge in [0.1, 0.15) is 0 Å². The quantitative estimate of drug-likeness (QED) is 0.865. The number of amides is 1. The van der Waals surface area contributed by atoms with Crippen LogP contribution in [0.1, 0.15) is 45.8 Å². The molecule has 1 atom stereocenters. The van der Waals surface area contributed by atoms with Crippen molar-refractivity contribution < 1.29 is 19.4 Å². The molecule has 1 unspecified atom stereocenters. The van der Waals surface area contributed by atoms with Crippen molar-refractivity contribution in [2.75, 3.05) is 19.8 Å². The standard InChI is InChI=1S/C17H23NO4S/c19-16(15-9-12-3-1-2-4-14(12)23-15)18-10-13(17(20)21)11-5-7-22-8-6-11/h9,11,13H,1-8,10H2,(H,18,19)(H,20,21). The number of carbonyl (C=O) groups excluding carboxylic acids is 1. The minimum absolute atomic E-state index is 0.0816. The predicted molar refractivity (Wildman–Crippen MR) is 88.0 cm³/mol. The molecule has 0 saturated carbocycles. The van der Waals surface area contributed by atoms with E-state index in [-0.39, 0.29) is 18.4 Å². The molecule has 1 aromatic rings. The number of rotatable bonds is 5. The molecule has 5 nitrogen and oxygen atoms in total. The highest BCUT2D eigenvalue weighted by Gasteiger charge is 2.30. The Labute approximate surface area is 140 Å². The van der Waals surface area contributed by atoms with Gasteiger partial charge in [0.05, 0.1) is 10.8 Å². The number of hydrogen-bond acceptors (Lipinski definition) is 4. The zero-order chi connectivity index (χ0) is 16.2. The number of carboxylic acids is 1. The average molecular weight is 337 g/mol.